The van der Waals surface area contributed by atoms with Crippen LogP contribution in [0.1, 0.15) is 48.0 Å². The van der Waals surface area contributed by atoms with Gasteiger partial charge in [-0.05, 0) is 23.5 Å². The lowest BCUT2D eigenvalue weighted by Gasteiger charge is -2.21. The summed E-state index contributed by atoms with van der Waals surface area (Å²) < 4.78 is 0. The first kappa shape index (κ1) is 17.6. The van der Waals surface area contributed by atoms with Crippen LogP contribution in [0.2, 0.25) is 0 Å². The molecule has 1 N–H and O–H groups in total. The fraction of sp³-hybridized carbons (Fsp3) is 0.500. The molecule has 1 heteroatoms. The minimum atomic E-state index is 0.148. The normalized spacial score (nSPS) is 22.7. The molecule has 1 aliphatic heterocycles. The molecule has 1 atom stereocenters. The second-order valence-corrected chi connectivity index (χ2v) is 6.50. The summed E-state index contributed by atoms with van der Waals surface area (Å²) in [5.41, 5.74) is 2.85. The van der Waals surface area contributed by atoms with Crippen molar-refractivity contribution < 1.29 is 0 Å². The van der Waals surface area contributed by atoms with Crippen molar-refractivity contribution in [3.63, 3.8) is 0 Å². The van der Waals surface area contributed by atoms with Gasteiger partial charge in [0.1, 0.15) is 0 Å². The molecule has 2 aliphatic rings. The van der Waals surface area contributed by atoms with Gasteiger partial charge in [0.15, 0.2) is 0 Å². The van der Waals surface area contributed by atoms with Gasteiger partial charge in [-0.25, -0.2) is 0 Å². The van der Waals surface area contributed by atoms with E-state index in [-0.39, 0.29) is 5.41 Å². The zero-order valence-electron chi connectivity index (χ0n) is 14.5. The van der Waals surface area contributed by atoms with Crippen molar-refractivity contribution in [2.75, 3.05) is 0 Å². The molecule has 2 rings (SSSR count). The van der Waals surface area contributed by atoms with Gasteiger partial charge in [-0.3, -0.25) is 0 Å². The maximum absolute atomic E-state index is 3.50. The summed E-state index contributed by atoms with van der Waals surface area (Å²) in [6.07, 6.45) is 18.9. The van der Waals surface area contributed by atoms with Crippen molar-refractivity contribution >= 4 is 0 Å². The van der Waals surface area contributed by atoms with E-state index in [1.807, 2.05) is 13.8 Å². The molecular weight excluding hydrogens is 254 g/mol. The average Bonchev–Trinajstić information content (AvgIpc) is 2.62. The van der Waals surface area contributed by atoms with Gasteiger partial charge in [-0.15, -0.1) is 0 Å². The minimum absolute atomic E-state index is 0.148. The van der Waals surface area contributed by atoms with Crippen LogP contribution in [0.15, 0.2) is 59.9 Å². The Bertz CT molecular complexity index is 470. The number of allylic oxidation sites excluding steroid dienone is 6. The monoisotopic (exact) mass is 285 g/mol. The fourth-order valence-corrected chi connectivity index (χ4v) is 2.36. The van der Waals surface area contributed by atoms with Gasteiger partial charge in [0, 0.05) is 11.6 Å². The van der Waals surface area contributed by atoms with Crippen LogP contribution in [-0.2, 0) is 0 Å². The molecule has 0 aromatic carbocycles. The first-order valence-corrected chi connectivity index (χ1v) is 8.18. The van der Waals surface area contributed by atoms with E-state index >= 15 is 0 Å². The number of dihydropyridines is 1. The maximum atomic E-state index is 3.50. The van der Waals surface area contributed by atoms with Gasteiger partial charge < -0.3 is 5.32 Å². The third-order valence-electron chi connectivity index (χ3n) is 3.47. The summed E-state index contributed by atoms with van der Waals surface area (Å²) in [6.45, 7) is 13.0. The number of hydrogen-bond acceptors (Lipinski definition) is 1. The highest BCUT2D eigenvalue weighted by molar-refractivity contribution is 5.40. The average molecular weight is 285 g/mol. The van der Waals surface area contributed by atoms with Gasteiger partial charge in [0.05, 0.1) is 6.04 Å². The molecule has 116 valence electrons. The topological polar surface area (TPSA) is 12.0 Å². The molecule has 1 aliphatic carbocycles. The Morgan fingerprint density at radius 1 is 1.14 bits per heavy atom. The molecule has 0 radical (unpaired) electrons. The minimum Gasteiger partial charge on any atom is -0.380 e. The Morgan fingerprint density at radius 3 is 2.43 bits per heavy atom. The molecule has 0 saturated heterocycles. The van der Waals surface area contributed by atoms with E-state index in [1.165, 1.54) is 11.1 Å². The quantitative estimate of drug-likeness (QED) is 0.717. The van der Waals surface area contributed by atoms with Crippen LogP contribution in [0, 0.1) is 11.3 Å². The molecule has 0 amide bonds. The Morgan fingerprint density at radius 2 is 1.86 bits per heavy atom. The highest BCUT2D eigenvalue weighted by Crippen LogP contribution is 2.25. The number of hydrogen-bond donors (Lipinski definition) is 1. The van der Waals surface area contributed by atoms with Crippen LogP contribution >= 0.6 is 0 Å². The Kier molecular flexibility index (Phi) is 6.74. The molecule has 0 spiro atoms. The predicted octanol–water partition coefficient (Wildman–Crippen LogP) is 5.55. The Labute approximate surface area is 131 Å². The third kappa shape index (κ3) is 5.79. The maximum Gasteiger partial charge on any atom is 0.0695 e. The molecular formula is C20H31N. The summed E-state index contributed by atoms with van der Waals surface area (Å²) >= 11 is 0. The molecule has 0 bridgehead atoms. The highest BCUT2D eigenvalue weighted by Gasteiger charge is 2.15. The molecule has 0 aromatic rings. The van der Waals surface area contributed by atoms with E-state index in [1.54, 1.807) is 0 Å². The van der Waals surface area contributed by atoms with Crippen LogP contribution in [0.5, 0.6) is 0 Å². The van der Waals surface area contributed by atoms with Crippen molar-refractivity contribution in [1.82, 2.24) is 5.32 Å². The van der Waals surface area contributed by atoms with Crippen LogP contribution < -0.4 is 5.32 Å². The molecule has 0 fully saturated rings. The van der Waals surface area contributed by atoms with Crippen LogP contribution in [0.4, 0.5) is 0 Å². The van der Waals surface area contributed by atoms with E-state index in [2.05, 4.69) is 81.7 Å². The second-order valence-electron chi connectivity index (χ2n) is 6.50. The van der Waals surface area contributed by atoms with Crippen molar-refractivity contribution in [1.29, 1.82) is 0 Å². The summed E-state index contributed by atoms with van der Waals surface area (Å²) in [5, 5.41) is 3.50. The number of nitrogens with one attached hydrogen (secondary N) is 1. The van der Waals surface area contributed by atoms with Crippen molar-refractivity contribution in [2.24, 2.45) is 11.3 Å². The lowest BCUT2D eigenvalue weighted by molar-refractivity contribution is 0.625. The summed E-state index contributed by atoms with van der Waals surface area (Å²) in [5.74, 6) is 0.704. The molecule has 1 nitrogen and oxygen atoms in total. The second kappa shape index (κ2) is 8.07. The van der Waals surface area contributed by atoms with E-state index in [4.69, 9.17) is 0 Å². The van der Waals surface area contributed by atoms with E-state index in [0.717, 1.165) is 6.42 Å². The zero-order chi connectivity index (χ0) is 15.9. The van der Waals surface area contributed by atoms with Gasteiger partial charge in [-0.2, -0.15) is 0 Å². The van der Waals surface area contributed by atoms with Gasteiger partial charge in [0.25, 0.3) is 0 Å². The molecule has 1 heterocycles. The molecule has 21 heavy (non-hydrogen) atoms. The first-order valence-electron chi connectivity index (χ1n) is 8.18. The predicted molar refractivity (Wildman–Crippen MR) is 95.1 cm³/mol. The van der Waals surface area contributed by atoms with Gasteiger partial charge in [0.2, 0.25) is 0 Å². The smallest absolute Gasteiger partial charge is 0.0695 e. The fourth-order valence-electron chi connectivity index (χ4n) is 2.36. The van der Waals surface area contributed by atoms with Crippen molar-refractivity contribution in [3.05, 3.63) is 59.9 Å². The largest absolute Gasteiger partial charge is 0.380 e. The number of rotatable bonds is 3. The van der Waals surface area contributed by atoms with Crippen LogP contribution in [0.3, 0.4) is 0 Å². The highest BCUT2D eigenvalue weighted by atomic mass is 14.9. The summed E-state index contributed by atoms with van der Waals surface area (Å²) in [6, 6.07) is 0.297. The van der Waals surface area contributed by atoms with Gasteiger partial charge in [-0.1, -0.05) is 84.1 Å². The van der Waals surface area contributed by atoms with Crippen molar-refractivity contribution in [2.45, 2.75) is 54.0 Å². The first-order chi connectivity index (χ1) is 9.96. The molecule has 0 aromatic heterocycles. The van der Waals surface area contributed by atoms with E-state index < -0.39 is 0 Å². The van der Waals surface area contributed by atoms with Crippen molar-refractivity contribution in [3.8, 4) is 0 Å². The Hall–Kier alpha value is -1.50. The van der Waals surface area contributed by atoms with Gasteiger partial charge >= 0.3 is 0 Å². The molecule has 0 saturated carbocycles. The summed E-state index contributed by atoms with van der Waals surface area (Å²) in [7, 11) is 0. The van der Waals surface area contributed by atoms with Crippen LogP contribution in [-0.4, -0.2) is 6.04 Å². The third-order valence-corrected chi connectivity index (χ3v) is 3.47. The zero-order valence-corrected chi connectivity index (χ0v) is 14.5. The SMILES string of the molecule is CC.CC(C)CC1=CNC(C2=CC=CC(C)(C)C=C2)C=C1. The van der Waals surface area contributed by atoms with E-state index in [9.17, 15) is 0 Å². The Balaban J connectivity index is 0.00000106. The van der Waals surface area contributed by atoms with E-state index in [0.29, 0.717) is 12.0 Å². The summed E-state index contributed by atoms with van der Waals surface area (Å²) in [4.78, 5) is 0. The lowest BCUT2D eigenvalue weighted by atomic mass is 9.92. The molecule has 1 unspecified atom stereocenters. The standard InChI is InChI=1S/C18H25N.C2H6/c1-14(2)12-15-7-8-17(19-13-15)16-6-5-10-18(3,4)11-9-16;1-2/h5-11,13-14,17,19H,12H2,1-4H3;1-2H3. The lowest BCUT2D eigenvalue weighted by Crippen LogP contribution is -2.26. The van der Waals surface area contributed by atoms with Crippen LogP contribution in [0.25, 0.3) is 0 Å².